The molecule has 0 radical (unpaired) electrons. The molecule has 2 rings (SSSR count). The number of carbonyl (C=O) groups is 2. The molecular weight excluding hydrogens is 300 g/mol. The highest BCUT2D eigenvalue weighted by molar-refractivity contribution is 9.10. The van der Waals surface area contributed by atoms with E-state index < -0.39 is 6.04 Å². The van der Waals surface area contributed by atoms with Crippen LogP contribution >= 0.6 is 15.9 Å². The highest BCUT2D eigenvalue weighted by atomic mass is 79.9. The average molecular weight is 313 g/mol. The molecule has 1 aliphatic rings. The van der Waals surface area contributed by atoms with Gasteiger partial charge in [-0.3, -0.25) is 14.5 Å². The molecule has 1 aliphatic heterocycles. The van der Waals surface area contributed by atoms with E-state index in [2.05, 4.69) is 21.2 Å². The molecule has 0 bridgehead atoms. The van der Waals surface area contributed by atoms with Crippen molar-refractivity contribution in [2.24, 2.45) is 0 Å². The summed E-state index contributed by atoms with van der Waals surface area (Å²) in [5, 5.41) is 3.04. The lowest BCUT2D eigenvalue weighted by Crippen LogP contribution is -2.31. The Labute approximate surface area is 113 Å². The van der Waals surface area contributed by atoms with Gasteiger partial charge in [0.1, 0.15) is 11.8 Å². The SMILES string of the molecule is COc1cc(NC2CC(=O)N(C)C2=O)ccc1Br. The van der Waals surface area contributed by atoms with Crippen LogP contribution < -0.4 is 10.1 Å². The molecule has 1 aromatic rings. The predicted molar refractivity (Wildman–Crippen MR) is 70.5 cm³/mol. The number of hydrogen-bond donors (Lipinski definition) is 1. The minimum absolute atomic E-state index is 0.165. The molecule has 0 aliphatic carbocycles. The molecule has 1 saturated heterocycles. The number of imide groups is 1. The van der Waals surface area contributed by atoms with Gasteiger partial charge < -0.3 is 10.1 Å². The van der Waals surface area contributed by atoms with Crippen molar-refractivity contribution in [2.75, 3.05) is 19.5 Å². The third-order valence-corrected chi connectivity index (χ3v) is 3.53. The number of anilines is 1. The van der Waals surface area contributed by atoms with Crippen molar-refractivity contribution in [1.82, 2.24) is 4.90 Å². The van der Waals surface area contributed by atoms with Crippen LogP contribution in [0.4, 0.5) is 5.69 Å². The number of rotatable bonds is 3. The molecule has 6 heteroatoms. The van der Waals surface area contributed by atoms with Crippen LogP contribution in [0.1, 0.15) is 6.42 Å². The van der Waals surface area contributed by atoms with E-state index in [1.54, 1.807) is 13.2 Å². The van der Waals surface area contributed by atoms with Crippen LogP contribution in [0.15, 0.2) is 22.7 Å². The normalized spacial score (nSPS) is 19.3. The van der Waals surface area contributed by atoms with Gasteiger partial charge in [-0.05, 0) is 28.1 Å². The Morgan fingerprint density at radius 1 is 1.44 bits per heavy atom. The van der Waals surface area contributed by atoms with Crippen molar-refractivity contribution < 1.29 is 14.3 Å². The first-order chi connectivity index (χ1) is 8.52. The van der Waals surface area contributed by atoms with Crippen LogP contribution in [0.5, 0.6) is 5.75 Å². The summed E-state index contributed by atoms with van der Waals surface area (Å²) in [5.41, 5.74) is 0.747. The van der Waals surface area contributed by atoms with Gasteiger partial charge in [0.05, 0.1) is 18.0 Å². The number of carbonyl (C=O) groups excluding carboxylic acids is 2. The fourth-order valence-electron chi connectivity index (χ4n) is 1.82. The first-order valence-electron chi connectivity index (χ1n) is 5.43. The molecule has 1 heterocycles. The van der Waals surface area contributed by atoms with Gasteiger partial charge in [0, 0.05) is 18.8 Å². The van der Waals surface area contributed by atoms with E-state index in [1.165, 1.54) is 7.05 Å². The quantitative estimate of drug-likeness (QED) is 0.862. The van der Waals surface area contributed by atoms with Gasteiger partial charge in [0.15, 0.2) is 0 Å². The van der Waals surface area contributed by atoms with Gasteiger partial charge in [0.2, 0.25) is 5.91 Å². The van der Waals surface area contributed by atoms with E-state index in [1.807, 2.05) is 12.1 Å². The predicted octanol–water partition coefficient (Wildman–Crippen LogP) is 1.63. The first kappa shape index (κ1) is 12.9. The number of halogens is 1. The van der Waals surface area contributed by atoms with E-state index in [0.29, 0.717) is 5.75 Å². The van der Waals surface area contributed by atoms with Gasteiger partial charge in [-0.25, -0.2) is 0 Å². The molecule has 1 aromatic carbocycles. The minimum atomic E-state index is -0.492. The Hall–Kier alpha value is -1.56. The maximum atomic E-state index is 11.7. The summed E-state index contributed by atoms with van der Waals surface area (Å²) in [6, 6.07) is 4.93. The van der Waals surface area contributed by atoms with Crippen LogP contribution in [-0.2, 0) is 9.59 Å². The number of methoxy groups -OCH3 is 1. The van der Waals surface area contributed by atoms with Crippen molar-refractivity contribution in [3.63, 3.8) is 0 Å². The average Bonchev–Trinajstić information content (AvgIpc) is 2.59. The number of likely N-dealkylation sites (tertiary alicyclic amines) is 1. The summed E-state index contributed by atoms with van der Waals surface area (Å²) in [7, 11) is 3.07. The molecule has 2 amide bonds. The van der Waals surface area contributed by atoms with E-state index in [4.69, 9.17) is 4.74 Å². The number of benzene rings is 1. The zero-order chi connectivity index (χ0) is 13.3. The number of nitrogens with zero attached hydrogens (tertiary/aromatic N) is 1. The molecule has 1 fully saturated rings. The molecule has 0 saturated carbocycles. The van der Waals surface area contributed by atoms with E-state index in [0.717, 1.165) is 15.1 Å². The van der Waals surface area contributed by atoms with E-state index >= 15 is 0 Å². The first-order valence-corrected chi connectivity index (χ1v) is 6.22. The zero-order valence-electron chi connectivity index (χ0n) is 10.1. The molecular formula is C12H13BrN2O3. The second-order valence-electron chi connectivity index (χ2n) is 4.04. The van der Waals surface area contributed by atoms with Gasteiger partial charge in [-0.15, -0.1) is 0 Å². The fraction of sp³-hybridized carbons (Fsp3) is 0.333. The lowest BCUT2D eigenvalue weighted by molar-refractivity contribution is -0.136. The monoisotopic (exact) mass is 312 g/mol. The Morgan fingerprint density at radius 2 is 2.17 bits per heavy atom. The van der Waals surface area contributed by atoms with Crippen molar-refractivity contribution in [2.45, 2.75) is 12.5 Å². The van der Waals surface area contributed by atoms with Crippen LogP contribution in [0.3, 0.4) is 0 Å². The van der Waals surface area contributed by atoms with Crippen LogP contribution in [0, 0.1) is 0 Å². The summed E-state index contributed by atoms with van der Waals surface area (Å²) < 4.78 is 6.00. The summed E-state index contributed by atoms with van der Waals surface area (Å²) >= 11 is 3.35. The minimum Gasteiger partial charge on any atom is -0.495 e. The third-order valence-electron chi connectivity index (χ3n) is 2.87. The number of likely N-dealkylation sites (N-methyl/N-ethyl adjacent to an activating group) is 1. The molecule has 5 nitrogen and oxygen atoms in total. The molecule has 0 aromatic heterocycles. The van der Waals surface area contributed by atoms with Crippen LogP contribution in [-0.4, -0.2) is 36.9 Å². The maximum Gasteiger partial charge on any atom is 0.251 e. The van der Waals surface area contributed by atoms with E-state index in [9.17, 15) is 9.59 Å². The largest absolute Gasteiger partial charge is 0.495 e. The smallest absolute Gasteiger partial charge is 0.251 e. The van der Waals surface area contributed by atoms with Crippen LogP contribution in [0.2, 0.25) is 0 Å². The maximum absolute atomic E-state index is 11.7. The number of hydrogen-bond acceptors (Lipinski definition) is 4. The third kappa shape index (κ3) is 2.33. The van der Waals surface area contributed by atoms with Crippen molar-refractivity contribution in [3.8, 4) is 5.75 Å². The highest BCUT2D eigenvalue weighted by Gasteiger charge is 2.35. The van der Waals surface area contributed by atoms with Gasteiger partial charge in [-0.1, -0.05) is 0 Å². The topological polar surface area (TPSA) is 58.6 Å². The summed E-state index contributed by atoms with van der Waals surface area (Å²) in [5.74, 6) is 0.300. The number of amides is 2. The Bertz CT molecular complexity index is 504. The second-order valence-corrected chi connectivity index (χ2v) is 4.90. The number of nitrogens with one attached hydrogen (secondary N) is 1. The molecule has 1 unspecified atom stereocenters. The van der Waals surface area contributed by atoms with Crippen molar-refractivity contribution >= 4 is 33.4 Å². The number of ether oxygens (including phenoxy) is 1. The van der Waals surface area contributed by atoms with Gasteiger partial charge in [0.25, 0.3) is 5.91 Å². The highest BCUT2D eigenvalue weighted by Crippen LogP contribution is 2.29. The summed E-state index contributed by atoms with van der Waals surface area (Å²) in [4.78, 5) is 24.3. The van der Waals surface area contributed by atoms with Gasteiger partial charge >= 0.3 is 0 Å². The summed E-state index contributed by atoms with van der Waals surface area (Å²) in [6.07, 6.45) is 0.188. The van der Waals surface area contributed by atoms with Crippen molar-refractivity contribution in [1.29, 1.82) is 0 Å². The zero-order valence-corrected chi connectivity index (χ0v) is 11.7. The molecule has 96 valence electrons. The standard InChI is InChI=1S/C12H13BrN2O3/c1-15-11(16)6-9(12(15)17)14-7-3-4-8(13)10(5-7)18-2/h3-5,9,14H,6H2,1-2H3. The Kier molecular flexibility index (Phi) is 3.56. The van der Waals surface area contributed by atoms with Crippen molar-refractivity contribution in [3.05, 3.63) is 22.7 Å². The lowest BCUT2D eigenvalue weighted by Gasteiger charge is -2.13. The second kappa shape index (κ2) is 4.97. The summed E-state index contributed by atoms with van der Waals surface area (Å²) in [6.45, 7) is 0. The molecule has 1 atom stereocenters. The van der Waals surface area contributed by atoms with Crippen LogP contribution in [0.25, 0.3) is 0 Å². The van der Waals surface area contributed by atoms with E-state index in [-0.39, 0.29) is 18.2 Å². The van der Waals surface area contributed by atoms with Gasteiger partial charge in [-0.2, -0.15) is 0 Å². The molecule has 1 N–H and O–H groups in total. The molecule has 0 spiro atoms. The lowest BCUT2D eigenvalue weighted by atomic mass is 10.2. The Morgan fingerprint density at radius 3 is 2.72 bits per heavy atom. The Balaban J connectivity index is 2.15. The molecule has 18 heavy (non-hydrogen) atoms. The fourth-order valence-corrected chi connectivity index (χ4v) is 2.23.